The number of hydrogen-bond acceptors (Lipinski definition) is 3. The molecule has 1 aromatic carbocycles. The summed E-state index contributed by atoms with van der Waals surface area (Å²) in [5.41, 5.74) is 3.82. The number of unbranched alkanes of at least 4 members (excludes halogenated alkanes) is 1. The Labute approximate surface area is 206 Å². The van der Waals surface area contributed by atoms with E-state index in [-0.39, 0.29) is 30.0 Å². The lowest BCUT2D eigenvalue weighted by molar-refractivity contribution is -0.134. The van der Waals surface area contributed by atoms with Crippen molar-refractivity contribution in [1.82, 2.24) is 4.90 Å². The molecule has 2 N–H and O–H groups in total. The van der Waals surface area contributed by atoms with Gasteiger partial charge < -0.3 is 15.1 Å². The molecule has 0 aromatic heterocycles. The van der Waals surface area contributed by atoms with Crippen molar-refractivity contribution in [2.45, 2.75) is 104 Å². The van der Waals surface area contributed by atoms with Crippen molar-refractivity contribution in [2.75, 3.05) is 0 Å². The molecule has 0 bridgehead atoms. The first-order valence-electron chi connectivity index (χ1n) is 13.3. The molecule has 1 amide bonds. The number of allylic oxidation sites excluding steroid dienone is 2. The summed E-state index contributed by atoms with van der Waals surface area (Å²) in [5.74, 6) is 1.25. The minimum Gasteiger partial charge on any atom is -0.392 e. The molecule has 0 unspecified atom stereocenters. The highest BCUT2D eigenvalue weighted by atomic mass is 16.3. The van der Waals surface area contributed by atoms with Gasteiger partial charge in [0.05, 0.1) is 12.2 Å². The highest BCUT2D eigenvalue weighted by molar-refractivity contribution is 5.76. The van der Waals surface area contributed by atoms with Crippen LogP contribution in [0.15, 0.2) is 48.1 Å². The van der Waals surface area contributed by atoms with Crippen molar-refractivity contribution in [3.63, 3.8) is 0 Å². The molecule has 188 valence electrons. The zero-order chi connectivity index (χ0) is 24.8. The molecular weight excluding hydrogens is 422 g/mol. The molecule has 0 spiro atoms. The Morgan fingerprint density at radius 3 is 2.59 bits per heavy atom. The largest absolute Gasteiger partial charge is 0.392 e. The molecule has 0 radical (unpaired) electrons. The van der Waals surface area contributed by atoms with E-state index in [9.17, 15) is 15.0 Å². The number of rotatable bonds is 11. The van der Waals surface area contributed by atoms with Crippen LogP contribution in [0.3, 0.4) is 0 Å². The quantitative estimate of drug-likeness (QED) is 0.329. The van der Waals surface area contributed by atoms with Crippen LogP contribution >= 0.6 is 0 Å². The Kier molecular flexibility index (Phi) is 9.56. The van der Waals surface area contributed by atoms with Crippen molar-refractivity contribution < 1.29 is 15.0 Å². The molecule has 4 nitrogen and oxygen atoms in total. The van der Waals surface area contributed by atoms with Crippen LogP contribution in [0.2, 0.25) is 0 Å². The lowest BCUT2D eigenvalue weighted by atomic mass is 9.88. The highest BCUT2D eigenvalue weighted by Gasteiger charge is 2.43. The van der Waals surface area contributed by atoms with Gasteiger partial charge in [0.25, 0.3) is 0 Å². The third kappa shape index (κ3) is 7.05. The van der Waals surface area contributed by atoms with Crippen molar-refractivity contribution >= 4 is 5.91 Å². The maximum Gasteiger partial charge on any atom is 0.223 e. The maximum absolute atomic E-state index is 12.6. The third-order valence-corrected chi connectivity index (χ3v) is 7.57. The number of carbonyl (C=O) groups excluding carboxylic acids is 1. The van der Waals surface area contributed by atoms with Crippen LogP contribution in [-0.4, -0.2) is 45.3 Å². The van der Waals surface area contributed by atoms with Crippen LogP contribution in [0.4, 0.5) is 0 Å². The summed E-state index contributed by atoms with van der Waals surface area (Å²) in [5, 5.41) is 21.1. The van der Waals surface area contributed by atoms with Gasteiger partial charge in [-0.15, -0.1) is 0 Å². The maximum atomic E-state index is 12.6. The van der Waals surface area contributed by atoms with Crippen LogP contribution in [0.5, 0.6) is 0 Å². The van der Waals surface area contributed by atoms with Gasteiger partial charge in [0.1, 0.15) is 0 Å². The van der Waals surface area contributed by atoms with Gasteiger partial charge in [0.15, 0.2) is 0 Å². The lowest BCUT2D eigenvalue weighted by Gasteiger charge is -2.30. The number of benzene rings is 1. The number of hydrogen-bond donors (Lipinski definition) is 2. The van der Waals surface area contributed by atoms with Crippen molar-refractivity contribution in [1.29, 1.82) is 0 Å². The van der Waals surface area contributed by atoms with E-state index in [4.69, 9.17) is 0 Å². The first-order chi connectivity index (χ1) is 16.2. The van der Waals surface area contributed by atoms with Gasteiger partial charge in [-0.3, -0.25) is 4.79 Å². The summed E-state index contributed by atoms with van der Waals surface area (Å²) < 4.78 is 0. The second kappa shape index (κ2) is 12.2. The van der Waals surface area contributed by atoms with Crippen LogP contribution in [0.1, 0.15) is 77.3 Å². The number of aliphatic hydroxyl groups excluding tert-OH is 2. The van der Waals surface area contributed by atoms with E-state index < -0.39 is 6.10 Å². The van der Waals surface area contributed by atoms with E-state index in [1.165, 1.54) is 11.1 Å². The standard InChI is InChI=1S/C30H45NO3/c1-20(2)31(21(3)4)30(34)12-7-6-10-24-16-25-19-29(33)27(28(25)18-24)14-13-26(32)17-23-11-8-9-22(5)15-23/h8-9,11,13-16,20-21,25-29,32-33H,6-7,10,12,17-19H2,1-5H3/t25-,26+,27+,28-,29+/m0/s1. The zero-order valence-electron chi connectivity index (χ0n) is 21.8. The Hall–Kier alpha value is -1.91. The summed E-state index contributed by atoms with van der Waals surface area (Å²) in [6, 6.07) is 8.75. The summed E-state index contributed by atoms with van der Waals surface area (Å²) in [7, 11) is 0. The van der Waals surface area contributed by atoms with E-state index >= 15 is 0 Å². The molecule has 1 saturated carbocycles. The second-order valence-corrected chi connectivity index (χ2v) is 11.1. The number of fused-ring (bicyclic) bond motifs is 1. The molecule has 0 heterocycles. The zero-order valence-corrected chi connectivity index (χ0v) is 21.8. The second-order valence-electron chi connectivity index (χ2n) is 11.1. The first kappa shape index (κ1) is 26.7. The molecule has 34 heavy (non-hydrogen) atoms. The molecule has 0 aliphatic heterocycles. The number of amides is 1. The van der Waals surface area contributed by atoms with Crippen molar-refractivity contribution in [3.05, 3.63) is 59.2 Å². The fourth-order valence-corrected chi connectivity index (χ4v) is 6.13. The highest BCUT2D eigenvalue weighted by Crippen LogP contribution is 2.48. The van der Waals surface area contributed by atoms with Gasteiger partial charge >= 0.3 is 0 Å². The normalized spacial score (nSPS) is 25.3. The SMILES string of the molecule is Cc1cccc(C[C@H](O)C=C[C@@H]2[C@H]3CC(CCCCC(=O)N(C(C)C)C(C)C)=C[C@H]3C[C@H]2O)c1. The summed E-state index contributed by atoms with van der Waals surface area (Å²) in [6.45, 7) is 10.4. The Morgan fingerprint density at radius 2 is 1.91 bits per heavy atom. The van der Waals surface area contributed by atoms with E-state index in [0.29, 0.717) is 24.7 Å². The van der Waals surface area contributed by atoms with E-state index in [0.717, 1.165) is 37.7 Å². The molecule has 2 aliphatic carbocycles. The van der Waals surface area contributed by atoms with Gasteiger partial charge in [-0.25, -0.2) is 0 Å². The number of carbonyl (C=O) groups is 1. The van der Waals surface area contributed by atoms with Gasteiger partial charge in [-0.05, 0) is 84.1 Å². The fourth-order valence-electron chi connectivity index (χ4n) is 6.13. The average Bonchev–Trinajstić information content (AvgIpc) is 3.25. The molecule has 3 rings (SSSR count). The predicted molar refractivity (Wildman–Crippen MR) is 139 cm³/mol. The third-order valence-electron chi connectivity index (χ3n) is 7.57. The molecule has 2 aliphatic rings. The summed E-state index contributed by atoms with van der Waals surface area (Å²) >= 11 is 0. The van der Waals surface area contributed by atoms with Crippen LogP contribution in [-0.2, 0) is 11.2 Å². The minimum atomic E-state index is -0.532. The van der Waals surface area contributed by atoms with Gasteiger partial charge in [0.2, 0.25) is 5.91 Å². The van der Waals surface area contributed by atoms with Gasteiger partial charge in [-0.1, -0.05) is 53.6 Å². The number of aryl methyl sites for hydroxylation is 1. The smallest absolute Gasteiger partial charge is 0.223 e. The van der Waals surface area contributed by atoms with Gasteiger partial charge in [0, 0.05) is 30.8 Å². The van der Waals surface area contributed by atoms with E-state index in [1.807, 2.05) is 17.0 Å². The topological polar surface area (TPSA) is 60.8 Å². The molecule has 4 heteroatoms. The number of aliphatic hydroxyl groups is 2. The van der Waals surface area contributed by atoms with E-state index in [2.05, 4.69) is 65.0 Å². The fraction of sp³-hybridized carbons (Fsp3) is 0.633. The molecule has 5 atom stereocenters. The lowest BCUT2D eigenvalue weighted by Crippen LogP contribution is -2.41. The van der Waals surface area contributed by atoms with Crippen LogP contribution in [0.25, 0.3) is 0 Å². The Balaban J connectivity index is 1.45. The monoisotopic (exact) mass is 467 g/mol. The Bertz CT molecular complexity index is 864. The molecule has 1 fully saturated rings. The Morgan fingerprint density at radius 1 is 1.18 bits per heavy atom. The average molecular weight is 468 g/mol. The summed E-state index contributed by atoms with van der Waals surface area (Å²) in [4.78, 5) is 14.6. The van der Waals surface area contributed by atoms with E-state index in [1.54, 1.807) is 0 Å². The van der Waals surface area contributed by atoms with Crippen LogP contribution in [0, 0.1) is 24.7 Å². The predicted octanol–water partition coefficient (Wildman–Crippen LogP) is 5.60. The van der Waals surface area contributed by atoms with Gasteiger partial charge in [-0.2, -0.15) is 0 Å². The van der Waals surface area contributed by atoms with Crippen molar-refractivity contribution in [2.24, 2.45) is 17.8 Å². The number of nitrogens with zero attached hydrogens (tertiary/aromatic N) is 1. The van der Waals surface area contributed by atoms with Crippen LogP contribution < -0.4 is 0 Å². The minimum absolute atomic E-state index is 0.109. The molecule has 1 aromatic rings. The molecular formula is C30H45NO3. The van der Waals surface area contributed by atoms with Crippen molar-refractivity contribution in [3.8, 4) is 0 Å². The summed E-state index contributed by atoms with van der Waals surface area (Å²) in [6.07, 6.45) is 11.6. The molecule has 0 saturated heterocycles. The first-order valence-corrected chi connectivity index (χ1v) is 13.3.